The molecule has 180 valence electrons. The molecule has 1 unspecified atom stereocenters. The molecule has 2 aromatic carbocycles. The summed E-state index contributed by atoms with van der Waals surface area (Å²) in [6.07, 6.45) is 1.13. The molecular formula is C28H33NO5. The van der Waals surface area contributed by atoms with Gasteiger partial charge in [0.25, 0.3) is 0 Å². The van der Waals surface area contributed by atoms with Gasteiger partial charge in [-0.3, -0.25) is 4.98 Å². The van der Waals surface area contributed by atoms with Gasteiger partial charge in [-0.1, -0.05) is 49.1 Å². The van der Waals surface area contributed by atoms with Crippen LogP contribution >= 0.6 is 0 Å². The highest BCUT2D eigenvalue weighted by atomic mass is 16.5. The molecule has 0 aliphatic rings. The molecule has 1 N–H and O–H groups in total. The van der Waals surface area contributed by atoms with E-state index in [4.69, 9.17) is 14.6 Å². The van der Waals surface area contributed by atoms with Crippen molar-refractivity contribution in [3.05, 3.63) is 109 Å². The van der Waals surface area contributed by atoms with Gasteiger partial charge in [-0.05, 0) is 55.3 Å². The van der Waals surface area contributed by atoms with Crippen LogP contribution in [0.15, 0.2) is 86.5 Å². The molecule has 6 heteroatoms. The molecule has 34 heavy (non-hydrogen) atoms. The molecule has 0 spiro atoms. The molecular weight excluding hydrogens is 430 g/mol. The minimum Gasteiger partial charge on any atom is -0.489 e. The van der Waals surface area contributed by atoms with Crippen molar-refractivity contribution < 1.29 is 24.1 Å². The van der Waals surface area contributed by atoms with E-state index in [1.807, 2.05) is 73.7 Å². The fraction of sp³-hybridized carbons (Fsp3) is 0.214. The van der Waals surface area contributed by atoms with Gasteiger partial charge in [0.1, 0.15) is 24.7 Å². The Kier molecular flexibility index (Phi) is 13.1. The van der Waals surface area contributed by atoms with Crippen LogP contribution in [0.1, 0.15) is 29.4 Å². The van der Waals surface area contributed by atoms with Crippen LogP contribution in [0.25, 0.3) is 6.08 Å². The fourth-order valence-corrected chi connectivity index (χ4v) is 2.55. The molecule has 0 saturated heterocycles. The van der Waals surface area contributed by atoms with Crippen molar-refractivity contribution in [2.75, 3.05) is 7.11 Å². The highest BCUT2D eigenvalue weighted by Gasteiger charge is 2.06. The fourth-order valence-electron chi connectivity index (χ4n) is 2.55. The van der Waals surface area contributed by atoms with Gasteiger partial charge in [-0.25, -0.2) is 4.79 Å². The summed E-state index contributed by atoms with van der Waals surface area (Å²) in [4.78, 5) is 14.3. The predicted molar refractivity (Wildman–Crippen MR) is 136 cm³/mol. The zero-order valence-corrected chi connectivity index (χ0v) is 20.1. The summed E-state index contributed by atoms with van der Waals surface area (Å²) >= 11 is 0. The van der Waals surface area contributed by atoms with Gasteiger partial charge in [0.05, 0.1) is 5.69 Å². The summed E-state index contributed by atoms with van der Waals surface area (Å²) in [5.41, 5.74) is 4.05. The lowest BCUT2D eigenvalue weighted by Gasteiger charge is -2.09. The number of methoxy groups -OCH3 is 1. The van der Waals surface area contributed by atoms with Crippen LogP contribution in [-0.4, -0.2) is 29.3 Å². The van der Waals surface area contributed by atoms with Gasteiger partial charge in [-0.2, -0.15) is 0 Å². The van der Waals surface area contributed by atoms with E-state index >= 15 is 0 Å². The van der Waals surface area contributed by atoms with E-state index in [0.29, 0.717) is 13.2 Å². The maximum atomic E-state index is 9.81. The van der Waals surface area contributed by atoms with Gasteiger partial charge in [-0.15, -0.1) is 13.2 Å². The second kappa shape index (κ2) is 15.8. The third-order valence-electron chi connectivity index (χ3n) is 4.56. The molecule has 0 saturated carbocycles. The van der Waals surface area contributed by atoms with Gasteiger partial charge in [0.2, 0.25) is 0 Å². The standard InChI is InChI=1S/C22H21NO2.C4H8O3.C2H4/c1-3-19-9-10-20(23-17(19)2)16-25-22-13-11-21(12-14-22)24-15-18-7-5-4-6-8-18;1-3(7-2)4(5)6;1-2/h3-14H,1,15-16H2,2H3;3H,1-2H3,(H,5,6);1-2H2. The zero-order valence-electron chi connectivity index (χ0n) is 20.1. The van der Waals surface area contributed by atoms with Gasteiger partial charge in [0, 0.05) is 12.8 Å². The number of ether oxygens (including phenoxy) is 3. The lowest BCUT2D eigenvalue weighted by atomic mass is 10.2. The van der Waals surface area contributed by atoms with Crippen molar-refractivity contribution in [3.63, 3.8) is 0 Å². The van der Waals surface area contributed by atoms with Gasteiger partial charge < -0.3 is 19.3 Å². The topological polar surface area (TPSA) is 77.9 Å². The molecule has 1 aromatic heterocycles. The van der Waals surface area contributed by atoms with Crippen LogP contribution in [0.3, 0.4) is 0 Å². The molecule has 1 heterocycles. The lowest BCUT2D eigenvalue weighted by Crippen LogP contribution is -2.17. The molecule has 0 fully saturated rings. The summed E-state index contributed by atoms with van der Waals surface area (Å²) in [6.45, 7) is 14.2. The van der Waals surface area contributed by atoms with Crippen LogP contribution in [0.2, 0.25) is 0 Å². The minimum absolute atomic E-state index is 0.433. The quantitative estimate of drug-likeness (QED) is 0.386. The smallest absolute Gasteiger partial charge is 0.332 e. The molecule has 6 nitrogen and oxygen atoms in total. The van der Waals surface area contributed by atoms with E-state index in [1.54, 1.807) is 6.08 Å². The van der Waals surface area contributed by atoms with Crippen molar-refractivity contribution in [1.29, 1.82) is 0 Å². The largest absolute Gasteiger partial charge is 0.489 e. The number of pyridine rings is 1. The van der Waals surface area contributed by atoms with E-state index in [-0.39, 0.29) is 0 Å². The number of aliphatic carboxylic acids is 1. The molecule has 1 atom stereocenters. The van der Waals surface area contributed by atoms with Crippen LogP contribution < -0.4 is 9.47 Å². The number of aromatic nitrogens is 1. The first-order valence-electron chi connectivity index (χ1n) is 10.7. The van der Waals surface area contributed by atoms with Crippen LogP contribution in [0.5, 0.6) is 11.5 Å². The first-order chi connectivity index (χ1) is 16.4. The molecule has 0 amide bonds. The lowest BCUT2D eigenvalue weighted by molar-refractivity contribution is -0.147. The average Bonchev–Trinajstić information content (AvgIpc) is 2.88. The Morgan fingerprint density at radius 1 is 0.971 bits per heavy atom. The maximum Gasteiger partial charge on any atom is 0.332 e. The molecule has 0 bridgehead atoms. The van der Waals surface area contributed by atoms with Gasteiger partial charge >= 0.3 is 5.97 Å². The Labute approximate surface area is 202 Å². The second-order valence-electron chi connectivity index (χ2n) is 6.93. The summed E-state index contributed by atoms with van der Waals surface area (Å²) in [5.74, 6) is 0.683. The highest BCUT2D eigenvalue weighted by Crippen LogP contribution is 2.20. The predicted octanol–water partition coefficient (Wildman–Crippen LogP) is 6.10. The average molecular weight is 464 g/mol. The monoisotopic (exact) mass is 463 g/mol. The van der Waals surface area contributed by atoms with E-state index in [9.17, 15) is 4.79 Å². The molecule has 0 radical (unpaired) electrons. The zero-order chi connectivity index (χ0) is 25.3. The van der Waals surface area contributed by atoms with Gasteiger partial charge in [0.15, 0.2) is 6.10 Å². The number of aryl methyl sites for hydroxylation is 1. The van der Waals surface area contributed by atoms with E-state index in [2.05, 4.69) is 29.5 Å². The number of carboxylic acids is 1. The Hall–Kier alpha value is -3.90. The summed E-state index contributed by atoms with van der Waals surface area (Å²) in [5, 5.41) is 8.06. The number of nitrogens with zero attached hydrogens (tertiary/aromatic N) is 1. The van der Waals surface area contributed by atoms with E-state index < -0.39 is 12.1 Å². The Morgan fingerprint density at radius 2 is 1.53 bits per heavy atom. The summed E-state index contributed by atoms with van der Waals surface area (Å²) in [6, 6.07) is 21.7. The van der Waals surface area contributed by atoms with Crippen LogP contribution in [-0.2, 0) is 22.7 Å². The first-order valence-corrected chi connectivity index (χ1v) is 10.7. The number of carboxylic acid groups (broad SMARTS) is 1. The number of rotatable bonds is 9. The Bertz CT molecular complexity index is 1000. The summed E-state index contributed by atoms with van der Waals surface area (Å²) in [7, 11) is 1.36. The van der Waals surface area contributed by atoms with E-state index in [1.165, 1.54) is 14.0 Å². The van der Waals surface area contributed by atoms with Crippen LogP contribution in [0.4, 0.5) is 0 Å². The van der Waals surface area contributed by atoms with Crippen molar-refractivity contribution in [1.82, 2.24) is 4.98 Å². The summed E-state index contributed by atoms with van der Waals surface area (Å²) < 4.78 is 16.0. The second-order valence-corrected chi connectivity index (χ2v) is 6.93. The minimum atomic E-state index is -0.928. The third kappa shape index (κ3) is 10.1. The SMILES string of the molecule is C=C.C=Cc1ccc(COc2ccc(OCc3ccccc3)cc2)nc1C.COC(C)C(=O)O. The van der Waals surface area contributed by atoms with Crippen molar-refractivity contribution in [2.45, 2.75) is 33.2 Å². The molecule has 0 aliphatic carbocycles. The first kappa shape index (κ1) is 28.1. The number of benzene rings is 2. The Balaban J connectivity index is 0.000000553. The Morgan fingerprint density at radius 3 is 1.97 bits per heavy atom. The van der Waals surface area contributed by atoms with E-state index in [0.717, 1.165) is 34.0 Å². The molecule has 3 aromatic rings. The number of carbonyl (C=O) groups is 1. The van der Waals surface area contributed by atoms with Crippen molar-refractivity contribution in [3.8, 4) is 11.5 Å². The molecule has 0 aliphatic heterocycles. The maximum absolute atomic E-state index is 9.81. The highest BCUT2D eigenvalue weighted by molar-refractivity contribution is 5.71. The third-order valence-corrected chi connectivity index (χ3v) is 4.56. The number of hydrogen-bond acceptors (Lipinski definition) is 5. The van der Waals surface area contributed by atoms with Crippen molar-refractivity contribution in [2.24, 2.45) is 0 Å². The normalized spacial score (nSPS) is 10.4. The van der Waals surface area contributed by atoms with Crippen LogP contribution in [0, 0.1) is 6.92 Å². The molecule has 3 rings (SSSR count). The van der Waals surface area contributed by atoms with Crippen molar-refractivity contribution >= 4 is 12.0 Å². The number of hydrogen-bond donors (Lipinski definition) is 1.